The lowest BCUT2D eigenvalue weighted by Gasteiger charge is -2.39. The lowest BCUT2D eigenvalue weighted by Crippen LogP contribution is -2.36. The van der Waals surface area contributed by atoms with Crippen LogP contribution < -0.4 is 5.73 Å². The summed E-state index contributed by atoms with van der Waals surface area (Å²) in [7, 11) is 0. The Kier molecular flexibility index (Phi) is 3.63. The van der Waals surface area contributed by atoms with Crippen LogP contribution in [0.25, 0.3) is 4.96 Å². The average Bonchev–Trinajstić information content (AvgIpc) is 3.00. The molecule has 0 spiro atoms. The van der Waals surface area contributed by atoms with Crippen LogP contribution in [-0.2, 0) is 6.42 Å². The van der Waals surface area contributed by atoms with E-state index < -0.39 is 0 Å². The van der Waals surface area contributed by atoms with E-state index in [1.165, 1.54) is 37.8 Å². The fourth-order valence-electron chi connectivity index (χ4n) is 3.40. The first-order valence-electron chi connectivity index (χ1n) is 7.36. The second-order valence-electron chi connectivity index (χ2n) is 6.06. The fourth-order valence-corrected chi connectivity index (χ4v) is 4.12. The molecule has 0 atom stereocenters. The molecule has 2 aromatic rings. The Morgan fingerprint density at radius 3 is 2.89 bits per heavy atom. The number of nitrogens with two attached hydrogens (primary N) is 1. The third-order valence-electron chi connectivity index (χ3n) is 4.88. The molecule has 0 bridgehead atoms. The van der Waals surface area contributed by atoms with Crippen molar-refractivity contribution in [1.82, 2.24) is 9.38 Å². The molecule has 1 fully saturated rings. The zero-order valence-corrected chi connectivity index (χ0v) is 12.5. The standard InChI is InChI=1S/C15H23N3S/c1-2-12-3-5-15(11-16,6-4-12)9-13-10-18-7-8-19-14(18)17-13/h7-8,10,12H,2-6,9,11,16H2,1H3. The van der Waals surface area contributed by atoms with Crippen molar-refractivity contribution in [2.24, 2.45) is 17.1 Å². The Balaban J connectivity index is 1.74. The highest BCUT2D eigenvalue weighted by atomic mass is 32.1. The SMILES string of the molecule is CCC1CCC(CN)(Cc2cn3ccsc3n2)CC1. The van der Waals surface area contributed by atoms with Gasteiger partial charge in [0.1, 0.15) is 0 Å². The molecular weight excluding hydrogens is 254 g/mol. The summed E-state index contributed by atoms with van der Waals surface area (Å²) in [6.07, 6.45) is 11.9. The van der Waals surface area contributed by atoms with Gasteiger partial charge in [-0.2, -0.15) is 0 Å². The smallest absolute Gasteiger partial charge is 0.193 e. The van der Waals surface area contributed by atoms with Gasteiger partial charge in [-0.05, 0) is 50.0 Å². The molecule has 19 heavy (non-hydrogen) atoms. The minimum absolute atomic E-state index is 0.301. The van der Waals surface area contributed by atoms with Gasteiger partial charge in [-0.3, -0.25) is 4.40 Å². The maximum absolute atomic E-state index is 6.11. The van der Waals surface area contributed by atoms with E-state index in [0.717, 1.165) is 23.8 Å². The summed E-state index contributed by atoms with van der Waals surface area (Å²) >= 11 is 1.70. The van der Waals surface area contributed by atoms with Crippen LogP contribution in [0.1, 0.15) is 44.7 Å². The molecule has 0 aromatic carbocycles. The monoisotopic (exact) mass is 277 g/mol. The number of hydrogen-bond acceptors (Lipinski definition) is 3. The Bertz CT molecular complexity index is 506. The van der Waals surface area contributed by atoms with Gasteiger partial charge in [-0.1, -0.05) is 13.3 Å². The van der Waals surface area contributed by atoms with Gasteiger partial charge < -0.3 is 5.73 Å². The van der Waals surface area contributed by atoms with Crippen molar-refractivity contribution in [1.29, 1.82) is 0 Å². The van der Waals surface area contributed by atoms with E-state index in [4.69, 9.17) is 10.7 Å². The van der Waals surface area contributed by atoms with Crippen LogP contribution in [-0.4, -0.2) is 15.9 Å². The molecule has 3 rings (SSSR count). The van der Waals surface area contributed by atoms with Crippen molar-refractivity contribution in [3.63, 3.8) is 0 Å². The van der Waals surface area contributed by atoms with Crippen LogP contribution in [0.2, 0.25) is 0 Å². The van der Waals surface area contributed by atoms with Crippen LogP contribution >= 0.6 is 11.3 Å². The number of aromatic nitrogens is 2. The number of thiazole rings is 1. The Morgan fingerprint density at radius 1 is 1.47 bits per heavy atom. The van der Waals surface area contributed by atoms with Crippen molar-refractivity contribution in [3.05, 3.63) is 23.5 Å². The topological polar surface area (TPSA) is 43.3 Å². The van der Waals surface area contributed by atoms with Gasteiger partial charge in [-0.15, -0.1) is 11.3 Å². The van der Waals surface area contributed by atoms with E-state index in [1.807, 2.05) is 0 Å². The number of fused-ring (bicyclic) bond motifs is 1. The zero-order chi connectivity index (χ0) is 13.3. The molecule has 2 N–H and O–H groups in total. The largest absolute Gasteiger partial charge is 0.330 e. The summed E-state index contributed by atoms with van der Waals surface area (Å²) in [6.45, 7) is 3.11. The van der Waals surface area contributed by atoms with Crippen molar-refractivity contribution in [2.75, 3.05) is 6.54 Å². The summed E-state index contributed by atoms with van der Waals surface area (Å²) in [4.78, 5) is 5.83. The maximum atomic E-state index is 6.11. The first kappa shape index (κ1) is 13.1. The van der Waals surface area contributed by atoms with Crippen molar-refractivity contribution < 1.29 is 0 Å². The molecule has 3 nitrogen and oxygen atoms in total. The molecule has 0 saturated heterocycles. The maximum Gasteiger partial charge on any atom is 0.193 e. The van der Waals surface area contributed by atoms with Crippen molar-refractivity contribution >= 4 is 16.3 Å². The molecule has 0 unspecified atom stereocenters. The van der Waals surface area contributed by atoms with Crippen LogP contribution in [0.4, 0.5) is 0 Å². The Labute approximate surface area is 118 Å². The van der Waals surface area contributed by atoms with Crippen LogP contribution in [0.5, 0.6) is 0 Å². The lowest BCUT2D eigenvalue weighted by atomic mass is 9.67. The van der Waals surface area contributed by atoms with Crippen LogP contribution in [0.3, 0.4) is 0 Å². The second-order valence-corrected chi connectivity index (χ2v) is 6.93. The molecule has 2 aromatic heterocycles. The number of nitrogens with zero attached hydrogens (tertiary/aromatic N) is 2. The number of hydrogen-bond donors (Lipinski definition) is 1. The van der Waals surface area contributed by atoms with E-state index in [2.05, 4.69) is 29.1 Å². The predicted molar refractivity (Wildman–Crippen MR) is 80.5 cm³/mol. The molecule has 1 aliphatic rings. The highest BCUT2D eigenvalue weighted by Gasteiger charge is 2.34. The molecule has 0 radical (unpaired) electrons. The number of rotatable bonds is 4. The Morgan fingerprint density at radius 2 is 2.26 bits per heavy atom. The van der Waals surface area contributed by atoms with E-state index in [1.54, 1.807) is 11.3 Å². The van der Waals surface area contributed by atoms with E-state index in [9.17, 15) is 0 Å². The molecule has 4 heteroatoms. The van der Waals surface area contributed by atoms with E-state index in [-0.39, 0.29) is 0 Å². The van der Waals surface area contributed by atoms with Crippen LogP contribution in [0, 0.1) is 11.3 Å². The first-order valence-corrected chi connectivity index (χ1v) is 8.24. The van der Waals surface area contributed by atoms with Gasteiger partial charge >= 0.3 is 0 Å². The summed E-state index contributed by atoms with van der Waals surface area (Å²) in [5.74, 6) is 0.921. The van der Waals surface area contributed by atoms with Crippen molar-refractivity contribution in [2.45, 2.75) is 45.4 Å². The van der Waals surface area contributed by atoms with Gasteiger partial charge in [-0.25, -0.2) is 4.98 Å². The van der Waals surface area contributed by atoms with Crippen LogP contribution in [0.15, 0.2) is 17.8 Å². The van der Waals surface area contributed by atoms with Gasteiger partial charge in [0, 0.05) is 17.8 Å². The summed E-state index contributed by atoms with van der Waals surface area (Å²) in [5.41, 5.74) is 7.63. The first-order chi connectivity index (χ1) is 9.24. The summed E-state index contributed by atoms with van der Waals surface area (Å²) in [5, 5.41) is 2.08. The molecule has 104 valence electrons. The zero-order valence-electron chi connectivity index (χ0n) is 11.6. The van der Waals surface area contributed by atoms with Gasteiger partial charge in [0.15, 0.2) is 4.96 Å². The highest BCUT2D eigenvalue weighted by Crippen LogP contribution is 2.41. The van der Waals surface area contributed by atoms with E-state index in [0.29, 0.717) is 5.41 Å². The Hall–Kier alpha value is -0.870. The van der Waals surface area contributed by atoms with Crippen molar-refractivity contribution in [3.8, 4) is 0 Å². The summed E-state index contributed by atoms with van der Waals surface area (Å²) < 4.78 is 2.13. The predicted octanol–water partition coefficient (Wildman–Crippen LogP) is 3.48. The quantitative estimate of drug-likeness (QED) is 0.929. The third kappa shape index (κ3) is 2.56. The normalized spacial score (nSPS) is 28.0. The third-order valence-corrected chi connectivity index (χ3v) is 5.65. The van der Waals surface area contributed by atoms with E-state index >= 15 is 0 Å². The molecule has 1 saturated carbocycles. The van der Waals surface area contributed by atoms with Gasteiger partial charge in [0.05, 0.1) is 5.69 Å². The molecule has 0 aliphatic heterocycles. The second kappa shape index (κ2) is 5.25. The molecular formula is C15H23N3S. The molecule has 1 aliphatic carbocycles. The van der Waals surface area contributed by atoms with Gasteiger partial charge in [0.2, 0.25) is 0 Å². The lowest BCUT2D eigenvalue weighted by molar-refractivity contribution is 0.152. The molecule has 2 heterocycles. The minimum atomic E-state index is 0.301. The fraction of sp³-hybridized carbons (Fsp3) is 0.667. The minimum Gasteiger partial charge on any atom is -0.330 e. The summed E-state index contributed by atoms with van der Waals surface area (Å²) in [6, 6.07) is 0. The average molecular weight is 277 g/mol. The number of imidazole rings is 1. The highest BCUT2D eigenvalue weighted by molar-refractivity contribution is 7.15. The van der Waals surface area contributed by atoms with Gasteiger partial charge in [0.25, 0.3) is 0 Å². The molecule has 0 amide bonds.